The van der Waals surface area contributed by atoms with E-state index in [0.29, 0.717) is 6.04 Å². The summed E-state index contributed by atoms with van der Waals surface area (Å²) >= 11 is 0. The normalized spacial score (nSPS) is 17.3. The fraction of sp³-hybridized carbons (Fsp3) is 0.435. The van der Waals surface area contributed by atoms with Crippen molar-refractivity contribution in [2.75, 3.05) is 9.80 Å². The molecule has 3 aromatic rings. The maximum Gasteiger partial charge on any atom is 0.200 e. The summed E-state index contributed by atoms with van der Waals surface area (Å²) in [7, 11) is 0. The van der Waals surface area contributed by atoms with Gasteiger partial charge in [0.25, 0.3) is 0 Å². The Morgan fingerprint density at radius 1 is 1.04 bits per heavy atom. The zero-order valence-electron chi connectivity index (χ0n) is 17.4. The van der Waals surface area contributed by atoms with Crippen LogP contribution in [-0.2, 0) is 5.41 Å². The smallest absolute Gasteiger partial charge is 0.200 e. The first-order valence-corrected chi connectivity index (χ1v) is 9.77. The van der Waals surface area contributed by atoms with E-state index in [1.54, 1.807) is 0 Å². The number of fused-ring (bicyclic) bond motifs is 2. The molecule has 2 aromatic carbocycles. The lowest BCUT2D eigenvalue weighted by atomic mass is 9.97. The van der Waals surface area contributed by atoms with Gasteiger partial charge in [0.15, 0.2) is 5.58 Å². The number of hydrogen-bond donors (Lipinski definition) is 0. The minimum atomic E-state index is -0.122. The number of aromatic nitrogens is 1. The van der Waals surface area contributed by atoms with Crippen molar-refractivity contribution >= 4 is 28.2 Å². The molecule has 1 aliphatic heterocycles. The summed E-state index contributed by atoms with van der Waals surface area (Å²) < 4.78 is 6.34. The van der Waals surface area contributed by atoms with Crippen LogP contribution in [0, 0.1) is 6.92 Å². The molecule has 2 heterocycles. The van der Waals surface area contributed by atoms with Crippen LogP contribution in [0.5, 0.6) is 0 Å². The molecule has 0 bridgehead atoms. The fourth-order valence-corrected chi connectivity index (χ4v) is 4.13. The van der Waals surface area contributed by atoms with Gasteiger partial charge in [-0.3, -0.25) is 0 Å². The summed E-state index contributed by atoms with van der Waals surface area (Å²) in [5.74, 6) is 0.783. The van der Waals surface area contributed by atoms with E-state index in [2.05, 4.69) is 94.7 Å². The van der Waals surface area contributed by atoms with E-state index in [1.807, 2.05) is 0 Å². The second kappa shape index (κ2) is 6.01. The molecular formula is C23H29N3O. The zero-order valence-corrected chi connectivity index (χ0v) is 17.4. The largest absolute Gasteiger partial charge is 0.438 e. The number of nitrogens with zero attached hydrogens (tertiary/aromatic N) is 3. The third kappa shape index (κ3) is 2.70. The molecular weight excluding hydrogens is 334 g/mol. The van der Waals surface area contributed by atoms with Gasteiger partial charge in [-0.25, -0.2) is 4.98 Å². The van der Waals surface area contributed by atoms with Gasteiger partial charge in [0.2, 0.25) is 5.89 Å². The number of hydrogen-bond acceptors (Lipinski definition) is 4. The molecule has 0 unspecified atom stereocenters. The lowest BCUT2D eigenvalue weighted by Crippen LogP contribution is -2.42. The molecule has 0 aliphatic carbocycles. The summed E-state index contributed by atoms with van der Waals surface area (Å²) in [5.41, 5.74) is 6.50. The van der Waals surface area contributed by atoms with Gasteiger partial charge in [-0.2, -0.15) is 0 Å². The molecule has 1 atom stereocenters. The van der Waals surface area contributed by atoms with E-state index in [-0.39, 0.29) is 11.6 Å². The van der Waals surface area contributed by atoms with Crippen LogP contribution in [0.2, 0.25) is 0 Å². The lowest BCUT2D eigenvalue weighted by Gasteiger charge is -2.33. The lowest BCUT2D eigenvalue weighted by molar-refractivity contribution is 0.410. The fourth-order valence-electron chi connectivity index (χ4n) is 4.13. The molecule has 0 spiro atoms. The van der Waals surface area contributed by atoms with E-state index >= 15 is 0 Å². The van der Waals surface area contributed by atoms with Gasteiger partial charge < -0.3 is 14.2 Å². The highest BCUT2D eigenvalue weighted by atomic mass is 16.4. The molecule has 4 nitrogen and oxygen atoms in total. The molecule has 0 amide bonds. The molecule has 4 heteroatoms. The average molecular weight is 364 g/mol. The first kappa shape index (κ1) is 17.9. The van der Waals surface area contributed by atoms with Crippen molar-refractivity contribution < 1.29 is 4.42 Å². The summed E-state index contributed by atoms with van der Waals surface area (Å²) in [6.45, 7) is 15.3. The molecule has 0 N–H and O–H groups in total. The van der Waals surface area contributed by atoms with Gasteiger partial charge >= 0.3 is 0 Å². The van der Waals surface area contributed by atoms with Crippen molar-refractivity contribution in [1.29, 1.82) is 0 Å². The maximum absolute atomic E-state index is 6.34. The quantitative estimate of drug-likeness (QED) is 0.547. The van der Waals surface area contributed by atoms with Crippen molar-refractivity contribution in [3.63, 3.8) is 0 Å². The standard InChI is InChI=1S/C23H29N3O/c1-14(2)25-16(4)26(19-11-9-8-10-18(19)25)20-15(3)12-13-17-21(20)27-22(24-17)23(5,6)7/h8-14,16H,1-7H3/t16-/m0/s1. The predicted molar refractivity (Wildman–Crippen MR) is 113 cm³/mol. The highest BCUT2D eigenvalue weighted by Crippen LogP contribution is 2.48. The third-order valence-corrected chi connectivity index (χ3v) is 5.37. The second-order valence-corrected chi connectivity index (χ2v) is 8.84. The number of rotatable bonds is 2. The van der Waals surface area contributed by atoms with Gasteiger partial charge in [-0.1, -0.05) is 39.0 Å². The summed E-state index contributed by atoms with van der Waals surface area (Å²) in [5, 5.41) is 0. The number of para-hydroxylation sites is 2. The Morgan fingerprint density at radius 2 is 1.70 bits per heavy atom. The van der Waals surface area contributed by atoms with Crippen LogP contribution in [-0.4, -0.2) is 17.2 Å². The van der Waals surface area contributed by atoms with Crippen molar-refractivity contribution in [3.05, 3.63) is 47.9 Å². The molecule has 0 saturated carbocycles. The minimum absolute atomic E-state index is 0.122. The molecule has 142 valence electrons. The highest BCUT2D eigenvalue weighted by Gasteiger charge is 2.37. The molecule has 0 fully saturated rings. The Labute approximate surface area is 161 Å². The number of anilines is 3. The van der Waals surface area contributed by atoms with E-state index in [1.165, 1.54) is 16.9 Å². The Kier molecular flexibility index (Phi) is 3.99. The Bertz CT molecular complexity index is 997. The number of aryl methyl sites for hydroxylation is 1. The van der Waals surface area contributed by atoms with Crippen LogP contribution in [0.25, 0.3) is 11.1 Å². The van der Waals surface area contributed by atoms with Crippen molar-refractivity contribution in [3.8, 4) is 0 Å². The Hall–Kier alpha value is -2.49. The van der Waals surface area contributed by atoms with Crippen LogP contribution < -0.4 is 9.80 Å². The molecule has 0 radical (unpaired) electrons. The van der Waals surface area contributed by atoms with E-state index in [9.17, 15) is 0 Å². The third-order valence-electron chi connectivity index (χ3n) is 5.37. The highest BCUT2D eigenvalue weighted by molar-refractivity contribution is 5.96. The van der Waals surface area contributed by atoms with E-state index in [4.69, 9.17) is 9.40 Å². The number of oxazole rings is 1. The summed E-state index contributed by atoms with van der Waals surface area (Å²) in [4.78, 5) is 9.66. The topological polar surface area (TPSA) is 32.5 Å². The van der Waals surface area contributed by atoms with Gasteiger partial charge in [0, 0.05) is 11.5 Å². The SMILES string of the molecule is Cc1ccc2nc(C(C)(C)C)oc2c1N1c2ccccc2N(C(C)C)[C@@H]1C. The average Bonchev–Trinajstić information content (AvgIpc) is 3.14. The van der Waals surface area contributed by atoms with Crippen LogP contribution in [0.1, 0.15) is 53.0 Å². The second-order valence-electron chi connectivity index (χ2n) is 8.84. The predicted octanol–water partition coefficient (Wildman–Crippen LogP) is 6.15. The van der Waals surface area contributed by atoms with Crippen molar-refractivity contribution in [2.24, 2.45) is 0 Å². The van der Waals surface area contributed by atoms with Crippen LogP contribution in [0.3, 0.4) is 0 Å². The Morgan fingerprint density at radius 3 is 2.33 bits per heavy atom. The van der Waals surface area contributed by atoms with E-state index < -0.39 is 0 Å². The minimum Gasteiger partial charge on any atom is -0.438 e. The number of benzene rings is 2. The molecule has 1 aromatic heterocycles. The van der Waals surface area contributed by atoms with Crippen LogP contribution in [0.4, 0.5) is 17.1 Å². The molecule has 27 heavy (non-hydrogen) atoms. The van der Waals surface area contributed by atoms with Gasteiger partial charge in [0.1, 0.15) is 11.7 Å². The first-order chi connectivity index (χ1) is 12.7. The van der Waals surface area contributed by atoms with Crippen molar-refractivity contribution in [2.45, 2.75) is 66.1 Å². The van der Waals surface area contributed by atoms with Gasteiger partial charge in [-0.05, 0) is 51.5 Å². The van der Waals surface area contributed by atoms with Gasteiger partial charge in [-0.15, -0.1) is 0 Å². The molecule has 4 rings (SSSR count). The van der Waals surface area contributed by atoms with Crippen molar-refractivity contribution in [1.82, 2.24) is 4.98 Å². The first-order valence-electron chi connectivity index (χ1n) is 9.77. The molecule has 1 aliphatic rings. The van der Waals surface area contributed by atoms with E-state index in [0.717, 1.165) is 22.7 Å². The summed E-state index contributed by atoms with van der Waals surface area (Å²) in [6.07, 6.45) is 0.204. The van der Waals surface area contributed by atoms with Gasteiger partial charge in [0.05, 0.1) is 17.1 Å². The summed E-state index contributed by atoms with van der Waals surface area (Å²) in [6, 6.07) is 13.3. The van der Waals surface area contributed by atoms with Crippen LogP contribution >= 0.6 is 0 Å². The maximum atomic E-state index is 6.34. The zero-order chi connectivity index (χ0) is 19.5. The van der Waals surface area contributed by atoms with Crippen LogP contribution in [0.15, 0.2) is 40.8 Å². The Balaban J connectivity index is 1.97. The molecule has 0 saturated heterocycles. The monoisotopic (exact) mass is 363 g/mol.